The van der Waals surface area contributed by atoms with Gasteiger partial charge in [0.2, 0.25) is 5.91 Å². The van der Waals surface area contributed by atoms with Crippen molar-refractivity contribution in [1.29, 1.82) is 0 Å². The minimum atomic E-state index is -0.930. The van der Waals surface area contributed by atoms with Crippen molar-refractivity contribution in [3.05, 3.63) is 60.2 Å². The maximum absolute atomic E-state index is 13.3. The number of benzene rings is 2. The molecule has 152 valence electrons. The molecule has 29 heavy (non-hydrogen) atoms. The number of amides is 1. The summed E-state index contributed by atoms with van der Waals surface area (Å²) in [5.41, 5.74) is 0.899. The van der Waals surface area contributed by atoms with Gasteiger partial charge in [-0.1, -0.05) is 49.6 Å². The van der Waals surface area contributed by atoms with Gasteiger partial charge in [0.05, 0.1) is 0 Å². The first-order chi connectivity index (χ1) is 14.1. The average molecular weight is 412 g/mol. The normalized spacial score (nSPS) is 22.4. The molecular weight excluding hydrogens is 386 g/mol. The fourth-order valence-corrected chi connectivity index (χ4v) is 5.56. The summed E-state index contributed by atoms with van der Waals surface area (Å²) in [4.78, 5) is 26.8. The van der Waals surface area contributed by atoms with E-state index in [2.05, 4.69) is 0 Å². The van der Waals surface area contributed by atoms with E-state index in [1.54, 1.807) is 4.90 Å². The van der Waals surface area contributed by atoms with E-state index in [-0.39, 0.29) is 17.2 Å². The number of carboxylic acid groups (broad SMARTS) is 1. The first-order valence-corrected chi connectivity index (χ1v) is 11.2. The maximum Gasteiger partial charge on any atom is 0.327 e. The lowest BCUT2D eigenvalue weighted by molar-refractivity contribution is -0.151. The zero-order valence-electron chi connectivity index (χ0n) is 16.2. The van der Waals surface area contributed by atoms with Crippen LogP contribution in [0.2, 0.25) is 0 Å². The van der Waals surface area contributed by atoms with Crippen LogP contribution in [0.5, 0.6) is 11.5 Å². The molecule has 0 radical (unpaired) electrons. The van der Waals surface area contributed by atoms with Crippen LogP contribution < -0.4 is 4.74 Å². The predicted molar refractivity (Wildman–Crippen MR) is 113 cm³/mol. The smallest absolute Gasteiger partial charge is 0.327 e. The molecule has 1 aliphatic heterocycles. The summed E-state index contributed by atoms with van der Waals surface area (Å²) in [5, 5.41) is 9.41. The molecule has 6 heteroatoms. The number of nitrogens with zero attached hydrogens (tertiary/aromatic N) is 1. The summed E-state index contributed by atoms with van der Waals surface area (Å²) in [7, 11) is 0. The molecule has 5 nitrogen and oxygen atoms in total. The highest BCUT2D eigenvalue weighted by Crippen LogP contribution is 2.44. The molecule has 1 aliphatic carbocycles. The van der Waals surface area contributed by atoms with Gasteiger partial charge in [0, 0.05) is 11.7 Å². The van der Waals surface area contributed by atoms with Gasteiger partial charge >= 0.3 is 5.97 Å². The summed E-state index contributed by atoms with van der Waals surface area (Å²) < 4.78 is 5.94. The molecule has 1 amide bonds. The molecule has 2 unspecified atom stereocenters. The second kappa shape index (κ2) is 8.91. The Bertz CT molecular complexity index is 866. The van der Waals surface area contributed by atoms with Crippen LogP contribution >= 0.6 is 11.8 Å². The van der Waals surface area contributed by atoms with Gasteiger partial charge in [-0.3, -0.25) is 4.79 Å². The molecule has 0 aromatic heterocycles. The van der Waals surface area contributed by atoms with E-state index in [0.29, 0.717) is 11.5 Å². The lowest BCUT2D eigenvalue weighted by Crippen LogP contribution is -2.46. The van der Waals surface area contributed by atoms with Crippen molar-refractivity contribution in [2.45, 2.75) is 43.5 Å². The number of rotatable bonds is 5. The fraction of sp³-hybridized carbons (Fsp3) is 0.391. The van der Waals surface area contributed by atoms with Crippen LogP contribution in [0.3, 0.4) is 0 Å². The van der Waals surface area contributed by atoms with Crippen LogP contribution in [0, 0.1) is 5.92 Å². The number of carbonyl (C=O) groups is 2. The molecule has 1 N–H and O–H groups in total. The van der Waals surface area contributed by atoms with Gasteiger partial charge in [0.15, 0.2) is 0 Å². The maximum atomic E-state index is 13.3. The number of carbonyl (C=O) groups excluding carboxylic acids is 1. The Labute approximate surface area is 175 Å². The number of hydrogen-bond acceptors (Lipinski definition) is 4. The van der Waals surface area contributed by atoms with E-state index in [1.807, 2.05) is 54.6 Å². The molecule has 1 saturated heterocycles. The summed E-state index contributed by atoms with van der Waals surface area (Å²) in [6.07, 6.45) is 4.95. The monoisotopic (exact) mass is 411 g/mol. The van der Waals surface area contributed by atoms with Gasteiger partial charge in [-0.2, -0.15) is 0 Å². The minimum absolute atomic E-state index is 0.0125. The number of carboxylic acids is 1. The molecule has 2 aromatic rings. The topological polar surface area (TPSA) is 66.8 Å². The van der Waals surface area contributed by atoms with Crippen molar-refractivity contribution in [2.75, 3.05) is 5.75 Å². The van der Waals surface area contributed by atoms with Crippen molar-refractivity contribution in [3.63, 3.8) is 0 Å². The summed E-state index contributed by atoms with van der Waals surface area (Å²) in [6.45, 7) is 0. The summed E-state index contributed by atoms with van der Waals surface area (Å²) in [5.74, 6) is 0.820. The largest absolute Gasteiger partial charge is 0.480 e. The quantitative estimate of drug-likeness (QED) is 0.743. The second-order valence-corrected chi connectivity index (χ2v) is 8.72. The third kappa shape index (κ3) is 4.42. The first-order valence-electron chi connectivity index (χ1n) is 10.1. The van der Waals surface area contributed by atoms with Crippen LogP contribution in [-0.2, 0) is 9.59 Å². The molecule has 0 spiro atoms. The molecule has 4 rings (SSSR count). The van der Waals surface area contributed by atoms with Gasteiger partial charge in [0.1, 0.15) is 22.9 Å². The zero-order chi connectivity index (χ0) is 20.2. The van der Waals surface area contributed by atoms with E-state index in [9.17, 15) is 14.7 Å². The number of thioether (sulfide) groups is 1. The zero-order valence-corrected chi connectivity index (χ0v) is 17.0. The van der Waals surface area contributed by atoms with Crippen LogP contribution in [0.4, 0.5) is 0 Å². The predicted octanol–water partition coefficient (Wildman–Crippen LogP) is 5.09. The SMILES string of the molecule is O=C(O)C1CSC(c2cccc(Oc3ccccc3)c2)N1C(=O)C1CCCCC1. The van der Waals surface area contributed by atoms with E-state index in [0.717, 1.165) is 43.4 Å². The Kier molecular flexibility index (Phi) is 6.09. The Morgan fingerprint density at radius 2 is 1.69 bits per heavy atom. The van der Waals surface area contributed by atoms with Crippen LogP contribution in [0.1, 0.15) is 43.0 Å². The fourth-order valence-electron chi connectivity index (χ4n) is 4.14. The Morgan fingerprint density at radius 1 is 0.966 bits per heavy atom. The Hall–Kier alpha value is -2.47. The van der Waals surface area contributed by atoms with Crippen molar-refractivity contribution in [1.82, 2.24) is 4.90 Å². The van der Waals surface area contributed by atoms with Crippen molar-refractivity contribution in [3.8, 4) is 11.5 Å². The van der Waals surface area contributed by atoms with Crippen LogP contribution in [0.25, 0.3) is 0 Å². The molecule has 2 atom stereocenters. The van der Waals surface area contributed by atoms with Gasteiger partial charge in [-0.05, 0) is 42.7 Å². The Balaban J connectivity index is 1.59. The van der Waals surface area contributed by atoms with E-state index < -0.39 is 12.0 Å². The molecule has 1 heterocycles. The third-order valence-corrected chi connectivity index (χ3v) is 6.94. The van der Waals surface area contributed by atoms with Crippen molar-refractivity contribution >= 4 is 23.6 Å². The lowest BCUT2D eigenvalue weighted by atomic mass is 9.88. The number of para-hydroxylation sites is 1. The molecule has 0 bridgehead atoms. The lowest BCUT2D eigenvalue weighted by Gasteiger charge is -2.32. The van der Waals surface area contributed by atoms with Crippen LogP contribution in [0.15, 0.2) is 54.6 Å². The van der Waals surface area contributed by atoms with Gasteiger partial charge in [-0.25, -0.2) is 4.79 Å². The van der Waals surface area contributed by atoms with E-state index in [1.165, 1.54) is 11.8 Å². The average Bonchev–Trinajstić information content (AvgIpc) is 3.20. The molecule has 2 fully saturated rings. The highest BCUT2D eigenvalue weighted by atomic mass is 32.2. The van der Waals surface area contributed by atoms with Crippen molar-refractivity contribution in [2.24, 2.45) is 5.92 Å². The minimum Gasteiger partial charge on any atom is -0.480 e. The second-order valence-electron chi connectivity index (χ2n) is 7.61. The van der Waals surface area contributed by atoms with E-state index in [4.69, 9.17) is 4.74 Å². The van der Waals surface area contributed by atoms with E-state index >= 15 is 0 Å². The summed E-state index contributed by atoms with van der Waals surface area (Å²) in [6, 6.07) is 16.4. The number of aliphatic carboxylic acids is 1. The number of ether oxygens (including phenoxy) is 1. The standard InChI is InChI=1S/C23H25NO4S/c25-21(16-8-3-1-4-9-16)24-20(23(26)27)15-29-22(24)17-10-7-13-19(14-17)28-18-11-5-2-6-12-18/h2,5-7,10-14,16,20,22H,1,3-4,8-9,15H2,(H,26,27). The van der Waals surface area contributed by atoms with Gasteiger partial charge in [0.25, 0.3) is 0 Å². The van der Waals surface area contributed by atoms with Gasteiger partial charge in [-0.15, -0.1) is 11.8 Å². The third-order valence-electron chi connectivity index (χ3n) is 5.62. The molecular formula is C23H25NO4S. The molecule has 1 saturated carbocycles. The summed E-state index contributed by atoms with van der Waals surface area (Å²) >= 11 is 1.52. The highest BCUT2D eigenvalue weighted by Gasteiger charge is 2.44. The molecule has 2 aromatic carbocycles. The number of hydrogen-bond donors (Lipinski definition) is 1. The molecule has 2 aliphatic rings. The van der Waals surface area contributed by atoms with Crippen molar-refractivity contribution < 1.29 is 19.4 Å². The van der Waals surface area contributed by atoms with Crippen LogP contribution in [-0.4, -0.2) is 33.7 Å². The Morgan fingerprint density at radius 3 is 2.41 bits per heavy atom. The first kappa shape index (κ1) is 19.8. The highest BCUT2D eigenvalue weighted by molar-refractivity contribution is 7.99. The van der Waals surface area contributed by atoms with Gasteiger partial charge < -0.3 is 14.7 Å².